The van der Waals surface area contributed by atoms with Crippen LogP contribution in [0.4, 0.5) is 11.6 Å². The molecule has 0 unspecified atom stereocenters. The molecule has 0 atom stereocenters. The van der Waals surface area contributed by atoms with Crippen molar-refractivity contribution in [3.05, 3.63) is 23.5 Å². The topological polar surface area (TPSA) is 59.7 Å². The zero-order valence-corrected chi connectivity index (χ0v) is 10.8. The van der Waals surface area contributed by atoms with Gasteiger partial charge >= 0.3 is 0 Å². The second kappa shape index (κ2) is 4.36. The molecule has 3 rings (SSSR count). The van der Waals surface area contributed by atoms with Gasteiger partial charge in [-0.25, -0.2) is 9.36 Å². The molecule has 6 heteroatoms. The van der Waals surface area contributed by atoms with E-state index in [2.05, 4.69) is 34.7 Å². The maximum absolute atomic E-state index is 4.40. The molecule has 0 aliphatic carbocycles. The van der Waals surface area contributed by atoms with Crippen molar-refractivity contribution in [1.82, 2.24) is 19.6 Å². The number of hydrogen-bond acceptors (Lipinski definition) is 4. The second-order valence-electron chi connectivity index (χ2n) is 4.38. The second-order valence-corrected chi connectivity index (χ2v) is 4.38. The molecular formula is C12H18N6. The minimum atomic E-state index is 0.692. The van der Waals surface area contributed by atoms with Crippen LogP contribution >= 0.6 is 0 Å². The lowest BCUT2D eigenvalue weighted by Crippen LogP contribution is -2.20. The van der Waals surface area contributed by atoms with Crippen LogP contribution in [0.25, 0.3) is 0 Å². The van der Waals surface area contributed by atoms with Gasteiger partial charge in [0.15, 0.2) is 0 Å². The third kappa shape index (κ3) is 1.64. The van der Waals surface area contributed by atoms with Crippen molar-refractivity contribution in [1.29, 1.82) is 0 Å². The van der Waals surface area contributed by atoms with Crippen molar-refractivity contribution in [2.45, 2.75) is 33.4 Å². The Balaban J connectivity index is 2.01. The highest BCUT2D eigenvalue weighted by atomic mass is 15.4. The minimum Gasteiger partial charge on any atom is -0.353 e. The van der Waals surface area contributed by atoms with E-state index < -0.39 is 0 Å². The Labute approximate surface area is 106 Å². The molecule has 0 aromatic carbocycles. The molecule has 2 aromatic rings. The Bertz CT molecular complexity index is 505. The zero-order chi connectivity index (χ0) is 12.5. The molecule has 0 saturated carbocycles. The SMILES string of the molecule is CCn1ncc2c1NCNc1c(cnn1CC)C2. The Morgan fingerprint density at radius 1 is 1.00 bits per heavy atom. The van der Waals surface area contributed by atoms with Crippen LogP contribution in [0.5, 0.6) is 0 Å². The number of anilines is 2. The van der Waals surface area contributed by atoms with E-state index in [-0.39, 0.29) is 0 Å². The summed E-state index contributed by atoms with van der Waals surface area (Å²) in [6.07, 6.45) is 4.76. The van der Waals surface area contributed by atoms with Crippen LogP contribution in [0.2, 0.25) is 0 Å². The molecule has 0 amide bonds. The number of fused-ring (bicyclic) bond motifs is 2. The van der Waals surface area contributed by atoms with Crippen molar-refractivity contribution in [3.8, 4) is 0 Å². The van der Waals surface area contributed by atoms with Gasteiger partial charge in [0.2, 0.25) is 0 Å². The molecule has 0 fully saturated rings. The first-order valence-electron chi connectivity index (χ1n) is 6.40. The van der Waals surface area contributed by atoms with Gasteiger partial charge in [-0.05, 0) is 13.8 Å². The fourth-order valence-corrected chi connectivity index (χ4v) is 2.41. The van der Waals surface area contributed by atoms with Crippen LogP contribution in [0.1, 0.15) is 25.0 Å². The molecule has 0 bridgehead atoms. The summed E-state index contributed by atoms with van der Waals surface area (Å²) in [4.78, 5) is 0. The van der Waals surface area contributed by atoms with Gasteiger partial charge in [0.1, 0.15) is 11.6 Å². The number of nitrogens with zero attached hydrogens (tertiary/aromatic N) is 4. The lowest BCUT2D eigenvalue weighted by molar-refractivity contribution is 0.658. The Kier molecular flexibility index (Phi) is 2.70. The third-order valence-electron chi connectivity index (χ3n) is 3.32. The summed E-state index contributed by atoms with van der Waals surface area (Å²) in [5, 5.41) is 15.6. The summed E-state index contributed by atoms with van der Waals surface area (Å²) >= 11 is 0. The number of rotatable bonds is 2. The standard InChI is InChI=1S/C12H18N6/c1-3-17-11-9(6-15-17)5-10-7-16-18(4-2)12(10)14-8-13-11/h6-7,13-14H,3-5,8H2,1-2H3. The monoisotopic (exact) mass is 246 g/mol. The lowest BCUT2D eigenvalue weighted by atomic mass is 10.1. The van der Waals surface area contributed by atoms with Gasteiger partial charge in [-0.2, -0.15) is 10.2 Å². The van der Waals surface area contributed by atoms with Crippen molar-refractivity contribution < 1.29 is 0 Å². The van der Waals surface area contributed by atoms with Crippen LogP contribution in [-0.2, 0) is 19.5 Å². The molecule has 2 aromatic heterocycles. The highest BCUT2D eigenvalue weighted by Crippen LogP contribution is 2.25. The van der Waals surface area contributed by atoms with Crippen molar-refractivity contribution in [2.75, 3.05) is 17.3 Å². The molecule has 3 heterocycles. The summed E-state index contributed by atoms with van der Waals surface area (Å²) in [6, 6.07) is 0. The molecule has 0 radical (unpaired) electrons. The van der Waals surface area contributed by atoms with E-state index >= 15 is 0 Å². The average molecular weight is 246 g/mol. The predicted molar refractivity (Wildman–Crippen MR) is 70.7 cm³/mol. The highest BCUT2D eigenvalue weighted by Gasteiger charge is 2.17. The molecule has 0 saturated heterocycles. The molecule has 1 aliphatic rings. The number of nitrogens with one attached hydrogen (secondary N) is 2. The fraction of sp³-hybridized carbons (Fsp3) is 0.500. The maximum atomic E-state index is 4.40. The van der Waals surface area contributed by atoms with Gasteiger partial charge in [0.05, 0.1) is 19.1 Å². The van der Waals surface area contributed by atoms with Crippen molar-refractivity contribution >= 4 is 11.6 Å². The summed E-state index contributed by atoms with van der Waals surface area (Å²) in [5.74, 6) is 2.22. The highest BCUT2D eigenvalue weighted by molar-refractivity contribution is 5.55. The Morgan fingerprint density at radius 3 is 1.94 bits per heavy atom. The van der Waals surface area contributed by atoms with Gasteiger partial charge in [0.25, 0.3) is 0 Å². The summed E-state index contributed by atoms with van der Waals surface area (Å²) < 4.78 is 3.98. The van der Waals surface area contributed by atoms with Crippen LogP contribution in [0.3, 0.4) is 0 Å². The number of aryl methyl sites for hydroxylation is 2. The number of hydrogen-bond donors (Lipinski definition) is 2. The van der Waals surface area contributed by atoms with E-state index in [0.717, 1.165) is 31.1 Å². The molecule has 2 N–H and O–H groups in total. The Morgan fingerprint density at radius 2 is 1.50 bits per heavy atom. The smallest absolute Gasteiger partial charge is 0.129 e. The number of aromatic nitrogens is 4. The van der Waals surface area contributed by atoms with Gasteiger partial charge < -0.3 is 10.6 Å². The first-order chi connectivity index (χ1) is 8.83. The minimum absolute atomic E-state index is 0.692. The van der Waals surface area contributed by atoms with Crippen LogP contribution in [0.15, 0.2) is 12.4 Å². The van der Waals surface area contributed by atoms with Gasteiger partial charge in [-0.1, -0.05) is 0 Å². The predicted octanol–water partition coefficient (Wildman–Crippen LogP) is 1.51. The molecule has 1 aliphatic heterocycles. The van der Waals surface area contributed by atoms with Gasteiger partial charge in [0, 0.05) is 30.6 Å². The molecule has 18 heavy (non-hydrogen) atoms. The molecule has 96 valence electrons. The van der Waals surface area contributed by atoms with Gasteiger partial charge in [-0.3, -0.25) is 0 Å². The Hall–Kier alpha value is -1.98. The van der Waals surface area contributed by atoms with E-state index in [1.165, 1.54) is 11.1 Å². The molecule has 6 nitrogen and oxygen atoms in total. The van der Waals surface area contributed by atoms with E-state index in [0.29, 0.717) is 6.67 Å². The normalized spacial score (nSPS) is 13.9. The van der Waals surface area contributed by atoms with Gasteiger partial charge in [-0.15, -0.1) is 0 Å². The van der Waals surface area contributed by atoms with E-state index in [1.807, 2.05) is 21.8 Å². The van der Waals surface area contributed by atoms with E-state index in [4.69, 9.17) is 0 Å². The van der Waals surface area contributed by atoms with Crippen LogP contribution < -0.4 is 10.6 Å². The van der Waals surface area contributed by atoms with E-state index in [9.17, 15) is 0 Å². The fourth-order valence-electron chi connectivity index (χ4n) is 2.41. The van der Waals surface area contributed by atoms with Crippen molar-refractivity contribution in [2.24, 2.45) is 0 Å². The average Bonchev–Trinajstić information content (AvgIpc) is 2.92. The first-order valence-corrected chi connectivity index (χ1v) is 6.40. The zero-order valence-electron chi connectivity index (χ0n) is 10.8. The van der Waals surface area contributed by atoms with Crippen LogP contribution in [-0.4, -0.2) is 26.2 Å². The summed E-state index contributed by atoms with van der Waals surface area (Å²) in [7, 11) is 0. The summed E-state index contributed by atoms with van der Waals surface area (Å²) in [6.45, 7) is 6.65. The first kappa shape index (κ1) is 11.1. The lowest BCUT2D eigenvalue weighted by Gasteiger charge is -2.17. The third-order valence-corrected chi connectivity index (χ3v) is 3.32. The summed E-state index contributed by atoms with van der Waals surface area (Å²) in [5.41, 5.74) is 2.46. The quantitative estimate of drug-likeness (QED) is 0.843. The molecular weight excluding hydrogens is 228 g/mol. The maximum Gasteiger partial charge on any atom is 0.129 e. The molecule has 0 spiro atoms. The van der Waals surface area contributed by atoms with Crippen LogP contribution in [0, 0.1) is 0 Å². The van der Waals surface area contributed by atoms with E-state index in [1.54, 1.807) is 0 Å². The largest absolute Gasteiger partial charge is 0.353 e. The van der Waals surface area contributed by atoms with Crippen molar-refractivity contribution in [3.63, 3.8) is 0 Å².